The lowest BCUT2D eigenvalue weighted by Gasteiger charge is -2.37. The second-order valence-corrected chi connectivity index (χ2v) is 12.3. The van der Waals surface area contributed by atoms with E-state index in [1.807, 2.05) is 0 Å². The molecule has 1 unspecified atom stereocenters. The Hall–Kier alpha value is -3.85. The minimum Gasteiger partial charge on any atom is -0.445 e. The Balaban J connectivity index is 1.37. The van der Waals surface area contributed by atoms with Crippen LogP contribution in [0, 0.1) is 20.2 Å². The second-order valence-electron chi connectivity index (χ2n) is 9.50. The van der Waals surface area contributed by atoms with Crippen molar-refractivity contribution >= 4 is 52.2 Å². The fourth-order valence-electron chi connectivity index (χ4n) is 4.67. The van der Waals surface area contributed by atoms with E-state index in [0.717, 1.165) is 0 Å². The monoisotopic (exact) mass is 604 g/mol. The van der Waals surface area contributed by atoms with Crippen molar-refractivity contribution in [2.45, 2.75) is 43.1 Å². The highest BCUT2D eigenvalue weighted by Gasteiger charge is 2.43. The van der Waals surface area contributed by atoms with Crippen molar-refractivity contribution in [2.24, 2.45) is 0 Å². The molecular formula is C26H28N4O9S2. The molecule has 0 aliphatic carbocycles. The number of amides is 2. The lowest BCUT2D eigenvalue weighted by atomic mass is 10.1. The molecule has 15 heteroatoms. The molecule has 2 saturated heterocycles. The van der Waals surface area contributed by atoms with Gasteiger partial charge in [-0.15, -0.1) is 0 Å². The maximum atomic E-state index is 13.2. The van der Waals surface area contributed by atoms with Gasteiger partial charge in [-0.25, -0.2) is 9.59 Å². The molecule has 2 aromatic carbocycles. The molecule has 2 amide bonds. The van der Waals surface area contributed by atoms with Gasteiger partial charge in [0.15, 0.2) is 5.12 Å². The van der Waals surface area contributed by atoms with Gasteiger partial charge in [-0.3, -0.25) is 25.0 Å². The van der Waals surface area contributed by atoms with Crippen molar-refractivity contribution in [1.29, 1.82) is 0 Å². The summed E-state index contributed by atoms with van der Waals surface area (Å²) in [6.45, 7) is 2.49. The first-order valence-corrected chi connectivity index (χ1v) is 14.6. The van der Waals surface area contributed by atoms with Crippen molar-refractivity contribution in [3.63, 3.8) is 0 Å². The molecule has 0 bridgehead atoms. The van der Waals surface area contributed by atoms with Crippen molar-refractivity contribution in [3.8, 4) is 0 Å². The average molecular weight is 605 g/mol. The van der Waals surface area contributed by atoms with Gasteiger partial charge in [-0.2, -0.15) is 11.8 Å². The molecule has 41 heavy (non-hydrogen) atoms. The average Bonchev–Trinajstić information content (AvgIpc) is 3.38. The van der Waals surface area contributed by atoms with Gasteiger partial charge in [0.2, 0.25) is 0 Å². The van der Waals surface area contributed by atoms with Crippen molar-refractivity contribution in [2.75, 3.05) is 25.4 Å². The van der Waals surface area contributed by atoms with Crippen molar-refractivity contribution < 1.29 is 33.7 Å². The van der Waals surface area contributed by atoms with Crippen molar-refractivity contribution in [3.05, 3.63) is 79.9 Å². The van der Waals surface area contributed by atoms with Crippen LogP contribution in [0.2, 0.25) is 0 Å². The number of benzene rings is 2. The quantitative estimate of drug-likeness (QED) is 0.305. The first-order valence-electron chi connectivity index (χ1n) is 12.7. The molecule has 218 valence electrons. The summed E-state index contributed by atoms with van der Waals surface area (Å²) in [5.41, 5.74) is 1.11. The minimum absolute atomic E-state index is 0.0347. The fraction of sp³-hybridized carbons (Fsp3) is 0.423. The highest BCUT2D eigenvalue weighted by Crippen LogP contribution is 2.36. The number of carbonyl (C=O) groups is 3. The van der Waals surface area contributed by atoms with Crippen LogP contribution in [-0.2, 0) is 27.5 Å². The number of non-ortho nitro benzene ring substituents is 2. The molecule has 2 aromatic rings. The lowest BCUT2D eigenvalue weighted by molar-refractivity contribution is -0.385. The third-order valence-electron chi connectivity index (χ3n) is 6.67. The van der Waals surface area contributed by atoms with Gasteiger partial charge in [-0.05, 0) is 41.8 Å². The molecule has 4 rings (SSSR count). The molecular weight excluding hydrogens is 576 g/mol. The predicted octanol–water partition coefficient (Wildman–Crippen LogP) is 4.62. The number of thioether (sulfide) groups is 2. The van der Waals surface area contributed by atoms with Crippen LogP contribution in [0.5, 0.6) is 0 Å². The summed E-state index contributed by atoms with van der Waals surface area (Å²) in [7, 11) is 0. The molecule has 0 radical (unpaired) electrons. The van der Waals surface area contributed by atoms with Gasteiger partial charge in [0, 0.05) is 73.1 Å². The predicted molar refractivity (Wildman–Crippen MR) is 152 cm³/mol. The number of nitro benzene ring substituents is 2. The first-order chi connectivity index (χ1) is 19.6. The SMILES string of the molecule is CC(=O)S[C@H]1C[C@@H](C2CN(C(=O)OCc3ccc([N+](=O)[O-])cc3)CCS2)N(C(=O)OCc2ccc([N+](=O)[O-])cc2)C1. The van der Waals surface area contributed by atoms with Gasteiger partial charge >= 0.3 is 12.2 Å². The zero-order chi connectivity index (χ0) is 29.5. The maximum Gasteiger partial charge on any atom is 0.410 e. The van der Waals surface area contributed by atoms with Gasteiger partial charge in [0.1, 0.15) is 13.2 Å². The van der Waals surface area contributed by atoms with E-state index in [1.165, 1.54) is 67.2 Å². The molecule has 3 atom stereocenters. The van der Waals surface area contributed by atoms with Crippen LogP contribution in [0.1, 0.15) is 24.5 Å². The molecule has 13 nitrogen and oxygen atoms in total. The maximum absolute atomic E-state index is 13.2. The summed E-state index contributed by atoms with van der Waals surface area (Å²) in [6.07, 6.45) is -0.521. The molecule has 2 fully saturated rings. The summed E-state index contributed by atoms with van der Waals surface area (Å²) < 4.78 is 11.0. The number of ether oxygens (including phenoxy) is 2. The van der Waals surface area contributed by atoms with Gasteiger partial charge in [0.05, 0.1) is 9.85 Å². The van der Waals surface area contributed by atoms with Crippen LogP contribution in [0.25, 0.3) is 0 Å². The molecule has 0 spiro atoms. The Morgan fingerprint density at radius 1 is 0.902 bits per heavy atom. The summed E-state index contributed by atoms with van der Waals surface area (Å²) >= 11 is 2.82. The van der Waals surface area contributed by atoms with Crippen LogP contribution in [0.3, 0.4) is 0 Å². The van der Waals surface area contributed by atoms with E-state index in [-0.39, 0.29) is 46.2 Å². The fourth-order valence-corrected chi connectivity index (χ4v) is 7.07. The number of likely N-dealkylation sites (tertiary alicyclic amines) is 1. The Morgan fingerprint density at radius 2 is 1.44 bits per heavy atom. The summed E-state index contributed by atoms with van der Waals surface area (Å²) in [6, 6.07) is 11.2. The number of hydrogen-bond acceptors (Lipinski definition) is 11. The zero-order valence-electron chi connectivity index (χ0n) is 22.1. The Bertz CT molecular complexity index is 1290. The molecule has 0 saturated carbocycles. The van der Waals surface area contributed by atoms with E-state index in [9.17, 15) is 34.6 Å². The highest BCUT2D eigenvalue weighted by atomic mass is 32.2. The number of nitrogens with zero attached hydrogens (tertiary/aromatic N) is 4. The molecule has 2 heterocycles. The van der Waals surface area contributed by atoms with Crippen LogP contribution < -0.4 is 0 Å². The highest BCUT2D eigenvalue weighted by molar-refractivity contribution is 8.14. The van der Waals surface area contributed by atoms with Crippen molar-refractivity contribution in [1.82, 2.24) is 9.80 Å². The molecule has 2 aliphatic heterocycles. The smallest absolute Gasteiger partial charge is 0.410 e. The minimum atomic E-state index is -0.557. The van der Waals surface area contributed by atoms with Crippen LogP contribution >= 0.6 is 23.5 Å². The second kappa shape index (κ2) is 13.7. The van der Waals surface area contributed by atoms with Gasteiger partial charge < -0.3 is 19.3 Å². The zero-order valence-corrected chi connectivity index (χ0v) is 23.7. The normalized spacial score (nSPS) is 20.4. The van der Waals surface area contributed by atoms with E-state index in [2.05, 4.69) is 0 Å². The van der Waals surface area contributed by atoms with E-state index in [1.54, 1.807) is 21.6 Å². The Kier molecular flexibility index (Phi) is 10.0. The number of carbonyl (C=O) groups excluding carboxylic acids is 3. The Morgan fingerprint density at radius 3 is 1.95 bits per heavy atom. The number of hydrogen-bond donors (Lipinski definition) is 0. The summed E-state index contributed by atoms with van der Waals surface area (Å²) in [4.78, 5) is 61.7. The standard InChI is InChI=1S/C26H28N4O9S2/c1-17(31)41-22-12-23(28(13-22)26(33)39-16-19-4-8-21(9-5-19)30(36)37)24-14-27(10-11-40-24)25(32)38-15-18-2-6-20(7-3-18)29(34)35/h2-9,22-24H,10-16H2,1H3/t22-,23-,24?/m0/s1. The van der Waals surface area contributed by atoms with E-state index < -0.39 is 22.0 Å². The van der Waals surface area contributed by atoms with E-state index in [0.29, 0.717) is 42.9 Å². The van der Waals surface area contributed by atoms with Gasteiger partial charge in [-0.1, -0.05) is 11.8 Å². The van der Waals surface area contributed by atoms with Gasteiger partial charge in [0.25, 0.3) is 11.4 Å². The third-order valence-corrected chi connectivity index (χ3v) is 8.99. The summed E-state index contributed by atoms with van der Waals surface area (Å²) in [5.74, 6) is 0.629. The molecule has 0 N–H and O–H groups in total. The van der Waals surface area contributed by atoms with Crippen LogP contribution in [0.4, 0.5) is 21.0 Å². The molecule has 2 aliphatic rings. The van der Waals surface area contributed by atoms with E-state index >= 15 is 0 Å². The number of rotatable bonds is 8. The first kappa shape index (κ1) is 30.1. The Labute approximate surface area is 243 Å². The third kappa shape index (κ3) is 8.10. The number of nitro groups is 2. The lowest BCUT2D eigenvalue weighted by Crippen LogP contribution is -2.50. The van der Waals surface area contributed by atoms with Crippen LogP contribution in [0.15, 0.2) is 48.5 Å². The van der Waals surface area contributed by atoms with Crippen LogP contribution in [-0.4, -0.2) is 78.9 Å². The topological polar surface area (TPSA) is 162 Å². The van der Waals surface area contributed by atoms with E-state index in [4.69, 9.17) is 9.47 Å². The molecule has 0 aromatic heterocycles. The largest absolute Gasteiger partial charge is 0.445 e. The summed E-state index contributed by atoms with van der Waals surface area (Å²) in [5, 5.41) is 21.4.